The summed E-state index contributed by atoms with van der Waals surface area (Å²) < 4.78 is 3.18. The van der Waals surface area contributed by atoms with Gasteiger partial charge in [0.05, 0.1) is 0 Å². The normalized spacial score (nSPS) is 15.2. The van der Waals surface area contributed by atoms with Gasteiger partial charge in [-0.2, -0.15) is 0 Å². The summed E-state index contributed by atoms with van der Waals surface area (Å²) in [7, 11) is 0. The van der Waals surface area contributed by atoms with E-state index in [9.17, 15) is 0 Å². The average molecular weight is 152 g/mol. The molecule has 0 amide bonds. The first kappa shape index (κ1) is 6.07. The third-order valence-electron chi connectivity index (χ3n) is 1.54. The second-order valence-electron chi connectivity index (χ2n) is 2.29. The first-order valence-corrected chi connectivity index (χ1v) is 3.96. The Morgan fingerprint density at radius 1 is 1.50 bits per heavy atom. The van der Waals surface area contributed by atoms with Crippen LogP contribution in [0.3, 0.4) is 0 Å². The Kier molecular flexibility index (Phi) is 1.32. The second-order valence-corrected chi connectivity index (χ2v) is 3.22. The van der Waals surface area contributed by atoms with Crippen LogP contribution in [0.5, 0.6) is 0 Å². The van der Waals surface area contributed by atoms with Crippen LogP contribution < -0.4 is 10.5 Å². The topological polar surface area (TPSA) is 38.0 Å². The molecule has 0 aromatic heterocycles. The van der Waals surface area contributed by atoms with E-state index in [4.69, 9.17) is 5.73 Å². The van der Waals surface area contributed by atoms with Gasteiger partial charge in [-0.15, -0.1) is 0 Å². The van der Waals surface area contributed by atoms with Crippen LogP contribution in [-0.2, 0) is 6.54 Å². The zero-order valence-electron chi connectivity index (χ0n) is 5.42. The van der Waals surface area contributed by atoms with E-state index in [2.05, 4.69) is 10.8 Å². The van der Waals surface area contributed by atoms with E-state index in [1.165, 1.54) is 10.5 Å². The smallest absolute Gasteiger partial charge is 0.0325 e. The van der Waals surface area contributed by atoms with Crippen LogP contribution in [0, 0.1) is 0 Å². The van der Waals surface area contributed by atoms with Crippen molar-refractivity contribution in [2.24, 2.45) is 0 Å². The van der Waals surface area contributed by atoms with Gasteiger partial charge in [0.1, 0.15) is 0 Å². The van der Waals surface area contributed by atoms with Gasteiger partial charge in [-0.05, 0) is 29.6 Å². The number of nitrogen functional groups attached to an aromatic ring is 1. The van der Waals surface area contributed by atoms with E-state index in [-0.39, 0.29) is 0 Å². The van der Waals surface area contributed by atoms with Crippen molar-refractivity contribution in [3.05, 3.63) is 23.8 Å². The van der Waals surface area contributed by atoms with E-state index in [1.807, 2.05) is 12.1 Å². The van der Waals surface area contributed by atoms with Gasteiger partial charge in [-0.3, -0.25) is 4.72 Å². The largest absolute Gasteiger partial charge is 0.399 e. The van der Waals surface area contributed by atoms with E-state index < -0.39 is 0 Å². The summed E-state index contributed by atoms with van der Waals surface area (Å²) in [6.45, 7) is 0.959. The van der Waals surface area contributed by atoms with Crippen LogP contribution in [0.15, 0.2) is 23.1 Å². The maximum absolute atomic E-state index is 5.59. The van der Waals surface area contributed by atoms with Crippen LogP contribution in [0.4, 0.5) is 5.69 Å². The van der Waals surface area contributed by atoms with Crippen LogP contribution in [0.25, 0.3) is 0 Å². The highest BCUT2D eigenvalue weighted by molar-refractivity contribution is 7.97. The summed E-state index contributed by atoms with van der Waals surface area (Å²) >= 11 is 1.65. The maximum atomic E-state index is 5.59. The molecule has 3 heteroatoms. The maximum Gasteiger partial charge on any atom is 0.0325 e. The van der Waals surface area contributed by atoms with Crippen molar-refractivity contribution in [2.75, 3.05) is 5.73 Å². The number of hydrogen-bond donors (Lipinski definition) is 2. The summed E-state index contributed by atoms with van der Waals surface area (Å²) in [5.41, 5.74) is 7.78. The quantitative estimate of drug-likeness (QED) is 0.435. The lowest BCUT2D eigenvalue weighted by molar-refractivity contribution is 0.995. The van der Waals surface area contributed by atoms with Crippen molar-refractivity contribution < 1.29 is 0 Å². The molecule has 0 spiro atoms. The number of benzene rings is 1. The molecule has 0 saturated heterocycles. The number of rotatable bonds is 0. The fourth-order valence-electron chi connectivity index (χ4n) is 1.00. The monoisotopic (exact) mass is 152 g/mol. The fourth-order valence-corrected chi connectivity index (χ4v) is 1.85. The van der Waals surface area contributed by atoms with Gasteiger partial charge in [0, 0.05) is 17.1 Å². The lowest BCUT2D eigenvalue weighted by Gasteiger charge is -1.95. The summed E-state index contributed by atoms with van der Waals surface area (Å²) in [6.07, 6.45) is 0. The molecule has 0 radical (unpaired) electrons. The number of hydrogen-bond acceptors (Lipinski definition) is 3. The summed E-state index contributed by atoms with van der Waals surface area (Å²) in [6, 6.07) is 6.00. The lowest BCUT2D eigenvalue weighted by Crippen LogP contribution is -1.91. The van der Waals surface area contributed by atoms with E-state index in [1.54, 1.807) is 11.9 Å². The SMILES string of the molecule is Nc1ccc2c(c1)SNC2. The predicted octanol–water partition coefficient (Wildman–Crippen LogP) is 1.38. The summed E-state index contributed by atoms with van der Waals surface area (Å²) in [4.78, 5) is 1.26. The minimum absolute atomic E-state index is 0.843. The molecule has 0 bridgehead atoms. The molecule has 0 unspecified atom stereocenters. The molecule has 52 valence electrons. The molecule has 0 saturated carbocycles. The standard InChI is InChI=1S/C7H8N2S/c8-6-2-1-5-4-9-10-7(5)3-6/h1-3,9H,4,8H2. The van der Waals surface area contributed by atoms with Gasteiger partial charge in [0.15, 0.2) is 0 Å². The first-order chi connectivity index (χ1) is 4.86. The number of fused-ring (bicyclic) bond motifs is 1. The Balaban J connectivity index is 2.52. The van der Waals surface area contributed by atoms with Crippen molar-refractivity contribution in [2.45, 2.75) is 11.4 Å². The molecule has 1 aromatic rings. The fraction of sp³-hybridized carbons (Fsp3) is 0.143. The molecular formula is C7H8N2S. The van der Waals surface area contributed by atoms with Crippen LogP contribution in [0.2, 0.25) is 0 Å². The Bertz CT molecular complexity index is 260. The second kappa shape index (κ2) is 2.18. The summed E-state index contributed by atoms with van der Waals surface area (Å²) in [5.74, 6) is 0. The Labute approximate surface area is 63.9 Å². The van der Waals surface area contributed by atoms with Gasteiger partial charge in [0.25, 0.3) is 0 Å². The molecule has 1 heterocycles. The third kappa shape index (κ3) is 0.874. The predicted molar refractivity (Wildman–Crippen MR) is 43.6 cm³/mol. The van der Waals surface area contributed by atoms with Gasteiger partial charge in [-0.25, -0.2) is 0 Å². The average Bonchev–Trinajstić information content (AvgIpc) is 2.33. The van der Waals surface area contributed by atoms with E-state index in [0.717, 1.165) is 12.2 Å². The van der Waals surface area contributed by atoms with Crippen LogP contribution in [0.1, 0.15) is 5.56 Å². The van der Waals surface area contributed by atoms with Crippen molar-refractivity contribution in [1.29, 1.82) is 0 Å². The van der Waals surface area contributed by atoms with Crippen LogP contribution in [-0.4, -0.2) is 0 Å². The highest BCUT2D eigenvalue weighted by Gasteiger charge is 2.09. The molecule has 1 aromatic carbocycles. The number of anilines is 1. The van der Waals surface area contributed by atoms with Crippen molar-refractivity contribution in [3.63, 3.8) is 0 Å². The van der Waals surface area contributed by atoms with Gasteiger partial charge in [-0.1, -0.05) is 6.07 Å². The molecule has 0 fully saturated rings. The molecule has 3 N–H and O–H groups in total. The number of nitrogens with one attached hydrogen (secondary N) is 1. The van der Waals surface area contributed by atoms with Gasteiger partial charge < -0.3 is 5.73 Å². The highest BCUT2D eigenvalue weighted by atomic mass is 32.2. The molecule has 2 nitrogen and oxygen atoms in total. The zero-order valence-corrected chi connectivity index (χ0v) is 6.24. The molecular weight excluding hydrogens is 144 g/mol. The molecule has 0 aliphatic carbocycles. The Morgan fingerprint density at radius 3 is 3.30 bits per heavy atom. The van der Waals surface area contributed by atoms with Gasteiger partial charge >= 0.3 is 0 Å². The highest BCUT2D eigenvalue weighted by Crippen LogP contribution is 2.28. The minimum atomic E-state index is 0.843. The number of nitrogens with two attached hydrogens (primary N) is 1. The van der Waals surface area contributed by atoms with Crippen LogP contribution >= 0.6 is 11.9 Å². The first-order valence-electron chi connectivity index (χ1n) is 3.14. The molecule has 1 aliphatic heterocycles. The molecule has 1 aliphatic rings. The lowest BCUT2D eigenvalue weighted by atomic mass is 10.2. The summed E-state index contributed by atoms with van der Waals surface area (Å²) in [5, 5.41) is 0. The van der Waals surface area contributed by atoms with Gasteiger partial charge in [0.2, 0.25) is 0 Å². The van der Waals surface area contributed by atoms with Crippen molar-refractivity contribution >= 4 is 17.6 Å². The Hall–Kier alpha value is -0.670. The molecule has 0 atom stereocenters. The van der Waals surface area contributed by atoms with Crippen molar-refractivity contribution in [1.82, 2.24) is 4.72 Å². The molecule has 2 rings (SSSR count). The van der Waals surface area contributed by atoms with E-state index in [0.29, 0.717) is 0 Å². The zero-order chi connectivity index (χ0) is 6.97. The third-order valence-corrected chi connectivity index (χ3v) is 2.42. The Morgan fingerprint density at radius 2 is 2.40 bits per heavy atom. The van der Waals surface area contributed by atoms with E-state index >= 15 is 0 Å². The molecule has 10 heavy (non-hydrogen) atoms. The minimum Gasteiger partial charge on any atom is -0.399 e. The van der Waals surface area contributed by atoms with Crippen molar-refractivity contribution in [3.8, 4) is 0 Å².